The van der Waals surface area contributed by atoms with Gasteiger partial charge in [-0.15, -0.1) is 0 Å². The lowest BCUT2D eigenvalue weighted by Crippen LogP contribution is -2.34. The number of carbonyl (C=O) groups is 1. The zero-order valence-corrected chi connectivity index (χ0v) is 20.2. The van der Waals surface area contributed by atoms with Gasteiger partial charge in [0, 0.05) is 5.56 Å². The van der Waals surface area contributed by atoms with E-state index in [1.54, 1.807) is 37.3 Å². The van der Waals surface area contributed by atoms with Crippen molar-refractivity contribution >= 4 is 22.6 Å². The van der Waals surface area contributed by atoms with Crippen molar-refractivity contribution in [3.63, 3.8) is 0 Å². The van der Waals surface area contributed by atoms with Crippen molar-refractivity contribution in [2.75, 3.05) is 5.32 Å². The first-order valence-electron chi connectivity index (χ1n) is 11.6. The van der Waals surface area contributed by atoms with Gasteiger partial charge in [-0.2, -0.15) is 0 Å². The van der Waals surface area contributed by atoms with Crippen LogP contribution in [-0.2, 0) is 10.2 Å². The third-order valence-electron chi connectivity index (χ3n) is 5.82. The molecule has 0 spiro atoms. The number of amides is 1. The van der Waals surface area contributed by atoms with Crippen LogP contribution in [0.4, 0.5) is 10.1 Å². The summed E-state index contributed by atoms with van der Waals surface area (Å²) in [7, 11) is 0. The van der Waals surface area contributed by atoms with Gasteiger partial charge in [0.05, 0.1) is 11.1 Å². The van der Waals surface area contributed by atoms with E-state index < -0.39 is 17.8 Å². The number of hydrogen-bond donors (Lipinski definition) is 1. The van der Waals surface area contributed by atoms with Gasteiger partial charge in [-0.05, 0) is 41.7 Å². The van der Waals surface area contributed by atoms with E-state index in [4.69, 9.17) is 9.15 Å². The topological polar surface area (TPSA) is 68.5 Å². The molecule has 5 nitrogen and oxygen atoms in total. The number of ether oxygens (including phenoxy) is 1. The Hall–Kier alpha value is -3.93. The molecule has 1 unspecified atom stereocenters. The molecule has 0 bridgehead atoms. The molecule has 0 fully saturated rings. The smallest absolute Gasteiger partial charge is 0.265 e. The highest BCUT2D eigenvalue weighted by Crippen LogP contribution is 2.33. The van der Waals surface area contributed by atoms with E-state index in [2.05, 4.69) is 26.1 Å². The molecule has 4 rings (SSSR count). The van der Waals surface area contributed by atoms with Gasteiger partial charge in [-0.25, -0.2) is 4.39 Å². The first-order valence-corrected chi connectivity index (χ1v) is 11.6. The minimum absolute atomic E-state index is 0.0415. The van der Waals surface area contributed by atoms with Crippen molar-refractivity contribution in [1.29, 1.82) is 0 Å². The summed E-state index contributed by atoms with van der Waals surface area (Å²) in [5, 5.41) is 2.90. The third kappa shape index (κ3) is 5.11. The second kappa shape index (κ2) is 9.74. The highest BCUT2D eigenvalue weighted by Gasteiger charge is 2.26. The number of halogens is 1. The van der Waals surface area contributed by atoms with Crippen molar-refractivity contribution in [3.05, 3.63) is 94.4 Å². The molecule has 180 valence electrons. The second-order valence-corrected chi connectivity index (χ2v) is 9.40. The summed E-state index contributed by atoms with van der Waals surface area (Å²) in [6.45, 7) is 8.11. The zero-order valence-electron chi connectivity index (χ0n) is 20.2. The summed E-state index contributed by atoms with van der Waals surface area (Å²) in [4.78, 5) is 26.4. The van der Waals surface area contributed by atoms with Crippen LogP contribution in [0.2, 0.25) is 0 Å². The number of anilines is 1. The van der Waals surface area contributed by atoms with E-state index >= 15 is 0 Å². The van der Waals surface area contributed by atoms with Gasteiger partial charge in [0.25, 0.3) is 5.91 Å². The van der Waals surface area contributed by atoms with Gasteiger partial charge >= 0.3 is 0 Å². The summed E-state index contributed by atoms with van der Waals surface area (Å²) in [5.41, 5.74) is 1.83. The summed E-state index contributed by atoms with van der Waals surface area (Å²) in [6, 6.07) is 20.5. The summed E-state index contributed by atoms with van der Waals surface area (Å²) in [5.74, 6) is -0.922. The summed E-state index contributed by atoms with van der Waals surface area (Å²) < 4.78 is 26.2. The zero-order chi connectivity index (χ0) is 25.2. The third-order valence-corrected chi connectivity index (χ3v) is 5.82. The number of benzene rings is 3. The van der Waals surface area contributed by atoms with Gasteiger partial charge in [0.2, 0.25) is 11.2 Å². The van der Waals surface area contributed by atoms with Crippen LogP contribution < -0.4 is 15.5 Å². The van der Waals surface area contributed by atoms with Gasteiger partial charge < -0.3 is 14.5 Å². The van der Waals surface area contributed by atoms with Crippen molar-refractivity contribution in [2.45, 2.75) is 45.6 Å². The Labute approximate surface area is 203 Å². The molecule has 0 radical (unpaired) electrons. The SMILES string of the molecule is CCC(Oc1c(-c2ccc(C(C)(C)C)cc2)oc2ccccc2c1=O)C(=O)Nc1ccccc1F. The predicted molar refractivity (Wildman–Crippen MR) is 136 cm³/mol. The number of hydrogen-bond acceptors (Lipinski definition) is 4. The molecular formula is C29H28FNO4. The standard InChI is InChI=1S/C29H28FNO4/c1-5-23(28(33)31-22-12-8-7-11-21(22)30)34-27-25(32)20-10-6-9-13-24(20)35-26(27)18-14-16-19(17-15-18)29(2,3)4/h6-17,23H,5H2,1-4H3,(H,31,33). The molecule has 0 aliphatic carbocycles. The lowest BCUT2D eigenvalue weighted by molar-refractivity contribution is -0.122. The molecule has 0 saturated carbocycles. The molecule has 35 heavy (non-hydrogen) atoms. The van der Waals surface area contributed by atoms with Crippen LogP contribution in [0.1, 0.15) is 39.7 Å². The largest absolute Gasteiger partial charge is 0.473 e. The van der Waals surface area contributed by atoms with E-state index in [-0.39, 0.29) is 34.5 Å². The fourth-order valence-electron chi connectivity index (χ4n) is 3.78. The van der Waals surface area contributed by atoms with Crippen LogP contribution in [-0.4, -0.2) is 12.0 Å². The molecule has 1 amide bonds. The molecule has 1 atom stereocenters. The van der Waals surface area contributed by atoms with Crippen molar-refractivity contribution in [3.8, 4) is 17.1 Å². The quantitative estimate of drug-likeness (QED) is 0.339. The average molecular weight is 474 g/mol. The molecule has 6 heteroatoms. The first kappa shape index (κ1) is 24.2. The summed E-state index contributed by atoms with van der Waals surface area (Å²) in [6.07, 6.45) is -0.777. The van der Waals surface area contributed by atoms with Crippen LogP contribution >= 0.6 is 0 Å². The van der Waals surface area contributed by atoms with E-state index in [0.717, 1.165) is 5.56 Å². The van der Waals surface area contributed by atoms with Crippen LogP contribution in [0.3, 0.4) is 0 Å². The molecule has 0 aliphatic heterocycles. The van der Waals surface area contributed by atoms with Gasteiger partial charge in [0.15, 0.2) is 11.9 Å². The van der Waals surface area contributed by atoms with E-state index in [1.165, 1.54) is 18.2 Å². The van der Waals surface area contributed by atoms with Crippen LogP contribution in [0.25, 0.3) is 22.3 Å². The van der Waals surface area contributed by atoms with Crippen molar-refractivity contribution < 1.29 is 18.3 Å². The molecule has 0 aliphatic rings. The fraction of sp³-hybridized carbons (Fsp3) is 0.241. The maximum absolute atomic E-state index is 14.1. The molecule has 1 aromatic heterocycles. The number of nitrogens with one attached hydrogen (secondary N) is 1. The van der Waals surface area contributed by atoms with Crippen LogP contribution in [0, 0.1) is 5.82 Å². The Balaban J connectivity index is 1.76. The molecule has 0 saturated heterocycles. The molecule has 1 heterocycles. The highest BCUT2D eigenvalue weighted by molar-refractivity contribution is 5.94. The molecule has 3 aromatic carbocycles. The average Bonchev–Trinajstić information content (AvgIpc) is 2.84. The minimum Gasteiger partial charge on any atom is -0.473 e. The number of rotatable bonds is 6. The minimum atomic E-state index is -1.04. The van der Waals surface area contributed by atoms with Gasteiger partial charge in [0.1, 0.15) is 11.4 Å². The maximum atomic E-state index is 14.1. The van der Waals surface area contributed by atoms with E-state index in [0.29, 0.717) is 16.5 Å². The number of fused-ring (bicyclic) bond motifs is 1. The van der Waals surface area contributed by atoms with Gasteiger partial charge in [-0.3, -0.25) is 9.59 Å². The van der Waals surface area contributed by atoms with Crippen LogP contribution in [0.15, 0.2) is 82.0 Å². The van der Waals surface area contributed by atoms with Crippen molar-refractivity contribution in [2.24, 2.45) is 0 Å². The second-order valence-electron chi connectivity index (χ2n) is 9.40. The first-order chi connectivity index (χ1) is 16.7. The molecule has 4 aromatic rings. The Morgan fingerprint density at radius 3 is 2.31 bits per heavy atom. The highest BCUT2D eigenvalue weighted by atomic mass is 19.1. The Bertz CT molecular complexity index is 1420. The van der Waals surface area contributed by atoms with Crippen molar-refractivity contribution in [1.82, 2.24) is 0 Å². The lowest BCUT2D eigenvalue weighted by Gasteiger charge is -2.20. The summed E-state index contributed by atoms with van der Waals surface area (Å²) >= 11 is 0. The van der Waals surface area contributed by atoms with Crippen LogP contribution in [0.5, 0.6) is 5.75 Å². The molecular weight excluding hydrogens is 445 g/mol. The lowest BCUT2D eigenvalue weighted by atomic mass is 9.86. The van der Waals surface area contributed by atoms with E-state index in [9.17, 15) is 14.0 Å². The van der Waals surface area contributed by atoms with E-state index in [1.807, 2.05) is 24.3 Å². The maximum Gasteiger partial charge on any atom is 0.265 e. The monoisotopic (exact) mass is 473 g/mol. The Morgan fingerprint density at radius 2 is 1.66 bits per heavy atom. The number of carbonyl (C=O) groups excluding carboxylic acids is 1. The fourth-order valence-corrected chi connectivity index (χ4v) is 3.78. The Kier molecular flexibility index (Phi) is 6.74. The normalized spacial score (nSPS) is 12.4. The van der Waals surface area contributed by atoms with Gasteiger partial charge in [-0.1, -0.05) is 76.2 Å². The number of para-hydroxylation sites is 2. The Morgan fingerprint density at radius 1 is 1.00 bits per heavy atom. The molecule has 1 N–H and O–H groups in total. The predicted octanol–water partition coefficient (Wildman–Crippen LogP) is 6.69.